The van der Waals surface area contributed by atoms with Gasteiger partial charge in [-0.2, -0.15) is 0 Å². The van der Waals surface area contributed by atoms with Crippen LogP contribution in [0.2, 0.25) is 0 Å². The SMILES string of the molecule is Cc1cnc(CN2C(=O)C(C)NC(=O)C2C(C)C)s1. The Labute approximate surface area is 117 Å². The maximum absolute atomic E-state index is 12.3. The van der Waals surface area contributed by atoms with Gasteiger partial charge in [0.05, 0.1) is 6.54 Å². The number of carbonyl (C=O) groups is 2. The van der Waals surface area contributed by atoms with Crippen molar-refractivity contribution in [2.45, 2.75) is 46.3 Å². The molecule has 0 aromatic carbocycles. The molecule has 1 aromatic rings. The Morgan fingerprint density at radius 3 is 2.68 bits per heavy atom. The fourth-order valence-electron chi connectivity index (χ4n) is 2.35. The van der Waals surface area contributed by atoms with E-state index in [2.05, 4.69) is 10.3 Å². The van der Waals surface area contributed by atoms with Crippen LogP contribution in [-0.4, -0.2) is 33.8 Å². The molecule has 1 saturated heterocycles. The molecule has 0 aliphatic carbocycles. The van der Waals surface area contributed by atoms with Crippen molar-refractivity contribution in [2.24, 2.45) is 5.92 Å². The second-order valence-electron chi connectivity index (χ2n) is 5.25. The number of amides is 2. The van der Waals surface area contributed by atoms with Crippen LogP contribution >= 0.6 is 11.3 Å². The van der Waals surface area contributed by atoms with Gasteiger partial charge in [0, 0.05) is 11.1 Å². The summed E-state index contributed by atoms with van der Waals surface area (Å²) in [5.74, 6) is -0.0287. The van der Waals surface area contributed by atoms with E-state index in [0.29, 0.717) is 6.54 Å². The lowest BCUT2D eigenvalue weighted by Crippen LogP contribution is -2.63. The van der Waals surface area contributed by atoms with E-state index >= 15 is 0 Å². The zero-order valence-electron chi connectivity index (χ0n) is 11.6. The number of aryl methyl sites for hydroxylation is 1. The Balaban J connectivity index is 2.25. The molecule has 0 radical (unpaired) electrons. The summed E-state index contributed by atoms with van der Waals surface area (Å²) < 4.78 is 0. The second kappa shape index (κ2) is 5.28. The molecule has 1 N–H and O–H groups in total. The maximum atomic E-state index is 12.3. The van der Waals surface area contributed by atoms with Gasteiger partial charge >= 0.3 is 0 Å². The Morgan fingerprint density at radius 1 is 1.47 bits per heavy atom. The quantitative estimate of drug-likeness (QED) is 0.909. The van der Waals surface area contributed by atoms with Crippen LogP contribution in [0.5, 0.6) is 0 Å². The molecule has 19 heavy (non-hydrogen) atoms. The van der Waals surface area contributed by atoms with Crippen LogP contribution in [0.4, 0.5) is 0 Å². The third-order valence-electron chi connectivity index (χ3n) is 3.22. The summed E-state index contributed by atoms with van der Waals surface area (Å²) in [6.45, 7) is 8.02. The van der Waals surface area contributed by atoms with Gasteiger partial charge in [-0.3, -0.25) is 9.59 Å². The average molecular weight is 281 g/mol. The smallest absolute Gasteiger partial charge is 0.245 e. The molecule has 0 bridgehead atoms. The summed E-state index contributed by atoms with van der Waals surface area (Å²) in [4.78, 5) is 31.4. The molecule has 2 unspecified atom stereocenters. The van der Waals surface area contributed by atoms with Crippen molar-refractivity contribution in [3.63, 3.8) is 0 Å². The van der Waals surface area contributed by atoms with Gasteiger partial charge in [0.2, 0.25) is 11.8 Å². The van der Waals surface area contributed by atoms with Crippen LogP contribution < -0.4 is 5.32 Å². The first-order chi connectivity index (χ1) is 8.90. The summed E-state index contributed by atoms with van der Waals surface area (Å²) in [6, 6.07) is -0.864. The summed E-state index contributed by atoms with van der Waals surface area (Å²) in [6.07, 6.45) is 1.79. The third kappa shape index (κ3) is 2.78. The molecule has 2 rings (SSSR count). The lowest BCUT2D eigenvalue weighted by Gasteiger charge is -2.39. The standard InChI is InChI=1S/C13H19N3O2S/c1-7(2)11-12(17)15-9(4)13(18)16(11)6-10-14-5-8(3)19-10/h5,7,9,11H,6H2,1-4H3,(H,15,17). The fourth-order valence-corrected chi connectivity index (χ4v) is 3.13. The number of nitrogens with one attached hydrogen (secondary N) is 1. The van der Waals surface area contributed by atoms with E-state index < -0.39 is 12.1 Å². The summed E-state index contributed by atoms with van der Waals surface area (Å²) in [7, 11) is 0. The number of thiazole rings is 1. The summed E-state index contributed by atoms with van der Waals surface area (Å²) in [5.41, 5.74) is 0. The zero-order valence-corrected chi connectivity index (χ0v) is 12.5. The molecular formula is C13H19N3O2S. The van der Waals surface area contributed by atoms with E-state index in [1.807, 2.05) is 20.8 Å². The van der Waals surface area contributed by atoms with Crippen molar-refractivity contribution in [3.8, 4) is 0 Å². The van der Waals surface area contributed by atoms with E-state index in [0.717, 1.165) is 9.88 Å². The van der Waals surface area contributed by atoms with Gasteiger partial charge in [0.25, 0.3) is 0 Å². The molecule has 1 aliphatic rings. The molecule has 0 spiro atoms. The van der Waals surface area contributed by atoms with Crippen LogP contribution in [-0.2, 0) is 16.1 Å². The number of hydrogen-bond acceptors (Lipinski definition) is 4. The molecule has 1 aliphatic heterocycles. The largest absolute Gasteiger partial charge is 0.343 e. The van der Waals surface area contributed by atoms with Crippen LogP contribution in [0.15, 0.2) is 6.20 Å². The Bertz CT molecular complexity index is 498. The van der Waals surface area contributed by atoms with Gasteiger partial charge < -0.3 is 10.2 Å². The average Bonchev–Trinajstić information content (AvgIpc) is 2.71. The van der Waals surface area contributed by atoms with Gasteiger partial charge in [0.15, 0.2) is 0 Å². The molecular weight excluding hydrogens is 262 g/mol. The van der Waals surface area contributed by atoms with Crippen LogP contribution in [0.3, 0.4) is 0 Å². The number of hydrogen-bond donors (Lipinski definition) is 1. The number of aromatic nitrogens is 1. The second-order valence-corrected chi connectivity index (χ2v) is 6.57. The topological polar surface area (TPSA) is 62.3 Å². The first kappa shape index (κ1) is 14.0. The van der Waals surface area contributed by atoms with Crippen molar-refractivity contribution >= 4 is 23.2 Å². The molecule has 2 amide bonds. The number of carbonyl (C=O) groups excluding carboxylic acids is 2. The highest BCUT2D eigenvalue weighted by atomic mass is 32.1. The number of nitrogens with zero attached hydrogens (tertiary/aromatic N) is 2. The summed E-state index contributed by atoms with van der Waals surface area (Å²) in [5, 5.41) is 3.61. The van der Waals surface area contributed by atoms with Gasteiger partial charge in [-0.1, -0.05) is 13.8 Å². The van der Waals surface area contributed by atoms with E-state index in [9.17, 15) is 9.59 Å². The number of piperazine rings is 1. The Morgan fingerprint density at radius 2 is 2.16 bits per heavy atom. The van der Waals surface area contributed by atoms with Crippen molar-refractivity contribution in [1.29, 1.82) is 0 Å². The zero-order chi connectivity index (χ0) is 14.2. The highest BCUT2D eigenvalue weighted by Gasteiger charge is 2.40. The first-order valence-corrected chi connectivity index (χ1v) is 7.24. The lowest BCUT2D eigenvalue weighted by molar-refractivity contribution is -0.151. The molecule has 1 aromatic heterocycles. The monoisotopic (exact) mass is 281 g/mol. The molecule has 104 valence electrons. The minimum Gasteiger partial charge on any atom is -0.343 e. The Hall–Kier alpha value is -1.43. The van der Waals surface area contributed by atoms with Crippen molar-refractivity contribution in [1.82, 2.24) is 15.2 Å². The first-order valence-electron chi connectivity index (χ1n) is 6.42. The lowest BCUT2D eigenvalue weighted by atomic mass is 9.97. The van der Waals surface area contributed by atoms with Gasteiger partial charge in [-0.15, -0.1) is 11.3 Å². The van der Waals surface area contributed by atoms with Crippen molar-refractivity contribution in [2.75, 3.05) is 0 Å². The predicted molar refractivity (Wildman–Crippen MR) is 73.6 cm³/mol. The van der Waals surface area contributed by atoms with E-state index in [-0.39, 0.29) is 17.7 Å². The minimum atomic E-state index is -0.455. The molecule has 6 heteroatoms. The van der Waals surface area contributed by atoms with Crippen LogP contribution in [0.1, 0.15) is 30.7 Å². The van der Waals surface area contributed by atoms with Gasteiger partial charge in [-0.25, -0.2) is 4.98 Å². The normalized spacial score (nSPS) is 23.9. The predicted octanol–water partition coefficient (Wildman–Crippen LogP) is 1.32. The Kier molecular flexibility index (Phi) is 3.89. The van der Waals surface area contributed by atoms with Crippen molar-refractivity contribution in [3.05, 3.63) is 16.1 Å². The molecule has 2 heterocycles. The molecule has 1 fully saturated rings. The maximum Gasteiger partial charge on any atom is 0.245 e. The molecule has 2 atom stereocenters. The van der Waals surface area contributed by atoms with Gasteiger partial charge in [0.1, 0.15) is 17.1 Å². The third-order valence-corrected chi connectivity index (χ3v) is 4.12. The van der Waals surface area contributed by atoms with E-state index in [1.165, 1.54) is 0 Å². The number of rotatable bonds is 3. The van der Waals surface area contributed by atoms with Crippen molar-refractivity contribution < 1.29 is 9.59 Å². The van der Waals surface area contributed by atoms with E-state index in [1.54, 1.807) is 29.4 Å². The summed E-state index contributed by atoms with van der Waals surface area (Å²) >= 11 is 1.56. The fraction of sp³-hybridized carbons (Fsp3) is 0.615. The minimum absolute atomic E-state index is 0.0360. The highest BCUT2D eigenvalue weighted by molar-refractivity contribution is 7.11. The van der Waals surface area contributed by atoms with E-state index in [4.69, 9.17) is 0 Å². The molecule has 5 nitrogen and oxygen atoms in total. The van der Waals surface area contributed by atoms with Crippen LogP contribution in [0.25, 0.3) is 0 Å². The van der Waals surface area contributed by atoms with Crippen LogP contribution in [0, 0.1) is 12.8 Å². The highest BCUT2D eigenvalue weighted by Crippen LogP contribution is 2.22. The molecule has 0 saturated carbocycles. The van der Waals surface area contributed by atoms with Gasteiger partial charge in [-0.05, 0) is 19.8 Å².